The molecule has 1 atom stereocenters. The molecule has 0 aliphatic heterocycles. The highest BCUT2D eigenvalue weighted by Gasteiger charge is 2.27. The van der Waals surface area contributed by atoms with Crippen molar-refractivity contribution in [1.82, 2.24) is 24.5 Å². The molecule has 0 aliphatic rings. The molecule has 0 aromatic carbocycles. The second kappa shape index (κ2) is 8.35. The number of amides is 2. The molecule has 0 bridgehead atoms. The number of aryl methyl sites for hydroxylation is 2. The monoisotopic (exact) mass is 473 g/mol. The van der Waals surface area contributed by atoms with Crippen LogP contribution in [0.15, 0.2) is 24.5 Å². The van der Waals surface area contributed by atoms with Crippen LogP contribution in [0.4, 0.5) is 14.5 Å². The first-order valence-corrected chi connectivity index (χ1v) is 10.8. The van der Waals surface area contributed by atoms with Crippen molar-refractivity contribution in [3.8, 4) is 11.1 Å². The van der Waals surface area contributed by atoms with Gasteiger partial charge in [0.2, 0.25) is 5.91 Å². The largest absolute Gasteiger partial charge is 0.365 e. The minimum absolute atomic E-state index is 0.0175. The number of alkyl halides is 2. The van der Waals surface area contributed by atoms with E-state index in [4.69, 9.17) is 5.73 Å². The second-order valence-corrected chi connectivity index (χ2v) is 8.61. The number of carbonyl (C=O) groups excluding carboxylic acids is 2. The lowest BCUT2D eigenvalue weighted by Gasteiger charge is -2.14. The van der Waals surface area contributed by atoms with E-state index >= 15 is 0 Å². The summed E-state index contributed by atoms with van der Waals surface area (Å²) >= 11 is 0.855. The smallest absolute Gasteiger partial charge is 0.280 e. The number of thiophene rings is 1. The van der Waals surface area contributed by atoms with Crippen molar-refractivity contribution in [2.45, 2.75) is 33.2 Å². The molecule has 0 radical (unpaired) electrons. The van der Waals surface area contributed by atoms with Gasteiger partial charge in [0.15, 0.2) is 0 Å². The second-order valence-electron chi connectivity index (χ2n) is 7.62. The molecule has 4 heterocycles. The van der Waals surface area contributed by atoms with Gasteiger partial charge in [-0.05, 0) is 38.5 Å². The van der Waals surface area contributed by atoms with Crippen molar-refractivity contribution in [2.75, 3.05) is 5.32 Å². The molecule has 12 heteroatoms. The lowest BCUT2D eigenvalue weighted by molar-refractivity contribution is -0.119. The number of nitrogens with zero attached hydrogens (tertiary/aromatic N) is 5. The Balaban J connectivity index is 1.92. The molecule has 0 spiro atoms. The minimum atomic E-state index is -2.83. The lowest BCUT2D eigenvalue weighted by Crippen LogP contribution is -2.25. The highest BCUT2D eigenvalue weighted by atomic mass is 32.1. The van der Waals surface area contributed by atoms with Crippen LogP contribution in [0.5, 0.6) is 0 Å². The fourth-order valence-corrected chi connectivity index (χ4v) is 4.51. The molecule has 4 aromatic rings. The van der Waals surface area contributed by atoms with E-state index in [2.05, 4.69) is 20.5 Å². The van der Waals surface area contributed by atoms with Gasteiger partial charge in [-0.25, -0.2) is 13.8 Å². The van der Waals surface area contributed by atoms with Gasteiger partial charge < -0.3 is 11.1 Å². The van der Waals surface area contributed by atoms with E-state index in [9.17, 15) is 18.4 Å². The number of pyridine rings is 1. The van der Waals surface area contributed by atoms with Crippen molar-refractivity contribution in [1.29, 1.82) is 0 Å². The highest BCUT2D eigenvalue weighted by molar-refractivity contribution is 7.21. The van der Waals surface area contributed by atoms with E-state index in [0.29, 0.717) is 22.2 Å². The zero-order valence-electron chi connectivity index (χ0n) is 18.3. The average Bonchev–Trinajstić information content (AvgIpc) is 3.45. The molecule has 0 aliphatic carbocycles. The molecule has 9 nitrogen and oxygen atoms in total. The minimum Gasteiger partial charge on any atom is -0.365 e. The summed E-state index contributed by atoms with van der Waals surface area (Å²) in [5.74, 6) is -1.25. The number of nitrogens with one attached hydrogen (secondary N) is 1. The van der Waals surface area contributed by atoms with Gasteiger partial charge in [0, 0.05) is 29.9 Å². The van der Waals surface area contributed by atoms with Gasteiger partial charge in [-0.3, -0.25) is 19.0 Å². The summed E-state index contributed by atoms with van der Waals surface area (Å²) in [4.78, 5) is 29.5. The number of primary amides is 1. The molecule has 172 valence electrons. The van der Waals surface area contributed by atoms with Crippen LogP contribution in [0, 0.1) is 13.8 Å². The summed E-state index contributed by atoms with van der Waals surface area (Å²) in [6.45, 7) is 5.24. The van der Waals surface area contributed by atoms with Gasteiger partial charge in [-0.15, -0.1) is 11.3 Å². The summed E-state index contributed by atoms with van der Waals surface area (Å²) in [6.07, 6.45) is 0.383. The van der Waals surface area contributed by atoms with Gasteiger partial charge >= 0.3 is 0 Å². The van der Waals surface area contributed by atoms with Crippen molar-refractivity contribution in [3.63, 3.8) is 0 Å². The maximum absolute atomic E-state index is 13.6. The predicted molar refractivity (Wildman–Crippen MR) is 120 cm³/mol. The van der Waals surface area contributed by atoms with Crippen LogP contribution in [0.25, 0.3) is 21.3 Å². The normalized spacial score (nSPS) is 12.5. The summed E-state index contributed by atoms with van der Waals surface area (Å²) in [6, 6.07) is 2.31. The standard InChI is InChI=1S/C21H21F2N7O2S/c1-9-5-6-30(28-9)11(3)20(32)27-16-15-12(13-8-25-29(4)10(13)2)7-14(18(22)23)26-21(15)33-17(16)19(24)31/h5-8,11,18H,1-4H3,(H2,24,31)(H,27,32). The van der Waals surface area contributed by atoms with Gasteiger partial charge in [0.05, 0.1) is 17.6 Å². The number of fused-ring (bicyclic) bond motifs is 1. The van der Waals surface area contributed by atoms with E-state index in [1.54, 1.807) is 51.0 Å². The van der Waals surface area contributed by atoms with Crippen molar-refractivity contribution < 1.29 is 18.4 Å². The third-order valence-electron chi connectivity index (χ3n) is 5.42. The van der Waals surface area contributed by atoms with Crippen molar-refractivity contribution in [3.05, 3.63) is 46.5 Å². The van der Waals surface area contributed by atoms with Crippen molar-refractivity contribution >= 4 is 39.1 Å². The third kappa shape index (κ3) is 3.97. The molecule has 33 heavy (non-hydrogen) atoms. The Kier molecular flexibility index (Phi) is 5.70. The first-order chi connectivity index (χ1) is 15.6. The van der Waals surface area contributed by atoms with Crippen LogP contribution in [0.1, 0.15) is 46.1 Å². The van der Waals surface area contributed by atoms with Crippen LogP contribution in [0.3, 0.4) is 0 Å². The molecular formula is C21H21F2N7O2S. The fourth-order valence-electron chi connectivity index (χ4n) is 3.49. The number of nitrogens with two attached hydrogens (primary N) is 1. The van der Waals surface area contributed by atoms with Crippen LogP contribution >= 0.6 is 11.3 Å². The Bertz CT molecular complexity index is 1390. The third-order valence-corrected chi connectivity index (χ3v) is 6.52. The maximum Gasteiger partial charge on any atom is 0.280 e. The Morgan fingerprint density at radius 2 is 1.97 bits per heavy atom. The van der Waals surface area contributed by atoms with Gasteiger partial charge in [-0.2, -0.15) is 10.2 Å². The molecule has 0 saturated carbocycles. The zero-order chi connectivity index (χ0) is 24.0. The number of aromatic nitrogens is 5. The topological polar surface area (TPSA) is 121 Å². The number of anilines is 1. The lowest BCUT2D eigenvalue weighted by atomic mass is 10.0. The van der Waals surface area contributed by atoms with Crippen LogP contribution < -0.4 is 11.1 Å². The molecule has 2 amide bonds. The van der Waals surface area contributed by atoms with Gasteiger partial charge in [0.1, 0.15) is 21.4 Å². The number of carbonyl (C=O) groups is 2. The highest BCUT2D eigenvalue weighted by Crippen LogP contribution is 2.43. The van der Waals surface area contributed by atoms with Gasteiger partial charge in [0.25, 0.3) is 12.3 Å². The Hall–Kier alpha value is -3.67. The van der Waals surface area contributed by atoms with E-state index in [1.807, 2.05) is 0 Å². The SMILES string of the molecule is Cc1ccn(C(C)C(=O)Nc2c(C(N)=O)sc3nc(C(F)F)cc(-c4cnn(C)c4C)c23)n1. The van der Waals surface area contributed by atoms with E-state index in [1.165, 1.54) is 10.7 Å². The summed E-state index contributed by atoms with van der Waals surface area (Å²) in [5, 5.41) is 11.6. The van der Waals surface area contributed by atoms with Crippen molar-refractivity contribution in [2.24, 2.45) is 12.8 Å². The zero-order valence-corrected chi connectivity index (χ0v) is 19.1. The van der Waals surface area contributed by atoms with Gasteiger partial charge in [-0.1, -0.05) is 0 Å². The number of hydrogen-bond donors (Lipinski definition) is 2. The fraction of sp³-hybridized carbons (Fsp3) is 0.286. The first kappa shape index (κ1) is 22.5. The Labute approximate surface area is 191 Å². The molecule has 4 aromatic heterocycles. The number of halogens is 2. The molecule has 1 unspecified atom stereocenters. The average molecular weight is 474 g/mol. The number of hydrogen-bond acceptors (Lipinski definition) is 6. The van der Waals surface area contributed by atoms with E-state index in [-0.39, 0.29) is 15.4 Å². The quantitative estimate of drug-likeness (QED) is 0.442. The summed E-state index contributed by atoms with van der Waals surface area (Å²) in [5.41, 5.74) is 7.67. The van der Waals surface area contributed by atoms with E-state index in [0.717, 1.165) is 17.0 Å². The molecule has 0 saturated heterocycles. The summed E-state index contributed by atoms with van der Waals surface area (Å²) in [7, 11) is 1.73. The molecule has 3 N–H and O–H groups in total. The Morgan fingerprint density at radius 1 is 1.24 bits per heavy atom. The van der Waals surface area contributed by atoms with Crippen LogP contribution in [0.2, 0.25) is 0 Å². The Morgan fingerprint density at radius 3 is 2.52 bits per heavy atom. The van der Waals surface area contributed by atoms with E-state index < -0.39 is 30.0 Å². The first-order valence-electron chi connectivity index (χ1n) is 9.95. The molecule has 0 fully saturated rings. The summed E-state index contributed by atoms with van der Waals surface area (Å²) < 4.78 is 30.3. The molecular weight excluding hydrogens is 452 g/mol. The van der Waals surface area contributed by atoms with Crippen LogP contribution in [-0.4, -0.2) is 36.4 Å². The maximum atomic E-state index is 13.6. The molecule has 4 rings (SSSR count). The van der Waals surface area contributed by atoms with Crippen LogP contribution in [-0.2, 0) is 11.8 Å². The predicted octanol–water partition coefficient (Wildman–Crippen LogP) is 3.75. The number of rotatable bonds is 6.